The number of alkyl carbamates (subject to hydrolysis) is 1. The smallest absolute Gasteiger partial charge is 0.414 e. The van der Waals surface area contributed by atoms with Crippen molar-refractivity contribution in [1.29, 1.82) is 0 Å². The van der Waals surface area contributed by atoms with E-state index in [0.717, 1.165) is 51.7 Å². The van der Waals surface area contributed by atoms with Gasteiger partial charge in [0.15, 0.2) is 6.29 Å². The van der Waals surface area contributed by atoms with E-state index in [-0.39, 0.29) is 35.4 Å². The van der Waals surface area contributed by atoms with Crippen molar-refractivity contribution in [3.8, 4) is 0 Å². The topological polar surface area (TPSA) is 115 Å². The molecule has 9 nitrogen and oxygen atoms in total. The minimum absolute atomic E-state index is 0.0459. The van der Waals surface area contributed by atoms with Gasteiger partial charge in [-0.1, -0.05) is 52.8 Å². The minimum atomic E-state index is -1.80. The van der Waals surface area contributed by atoms with E-state index in [9.17, 15) is 14.7 Å². The molecule has 45 heavy (non-hydrogen) atoms. The maximum atomic E-state index is 13.4. The third-order valence-electron chi connectivity index (χ3n) is 13.0. The summed E-state index contributed by atoms with van der Waals surface area (Å²) < 4.78 is 24.4. The lowest BCUT2D eigenvalue weighted by Crippen LogP contribution is -2.67. The van der Waals surface area contributed by atoms with Gasteiger partial charge in [-0.3, -0.25) is 5.32 Å². The lowest BCUT2D eigenvalue weighted by Gasteiger charge is -2.64. The molecule has 1 aromatic carbocycles. The molecular weight excluding hydrogens is 572 g/mol. The summed E-state index contributed by atoms with van der Waals surface area (Å²) in [7, 11) is 1.53. The Kier molecular flexibility index (Phi) is 8.70. The fourth-order valence-electron chi connectivity index (χ4n) is 10.7. The van der Waals surface area contributed by atoms with E-state index in [1.807, 2.05) is 18.2 Å². The Balaban J connectivity index is 1.25. The molecule has 4 unspecified atom stereocenters. The first kappa shape index (κ1) is 32.6. The number of carbonyl (C=O) groups excluding carboxylic acids is 2. The zero-order chi connectivity index (χ0) is 32.2. The van der Waals surface area contributed by atoms with Crippen LogP contribution in [0.4, 0.5) is 15.3 Å². The number of para-hydroxylation sites is 1. The molecule has 0 radical (unpaired) electrons. The monoisotopic (exact) mass is 626 g/mol. The molecule has 1 aliphatic heterocycles. The van der Waals surface area contributed by atoms with Crippen LogP contribution in [0.1, 0.15) is 86.0 Å². The molecule has 250 valence electrons. The Morgan fingerprint density at radius 2 is 1.67 bits per heavy atom. The van der Waals surface area contributed by atoms with Crippen molar-refractivity contribution in [3.63, 3.8) is 0 Å². The molecule has 3 N–H and O–H groups in total. The molecule has 1 saturated heterocycles. The van der Waals surface area contributed by atoms with E-state index in [1.54, 1.807) is 12.1 Å². The van der Waals surface area contributed by atoms with Gasteiger partial charge < -0.3 is 29.4 Å². The lowest BCUT2D eigenvalue weighted by molar-refractivity contribution is -0.321. The van der Waals surface area contributed by atoms with Gasteiger partial charge in [0, 0.05) is 29.5 Å². The van der Waals surface area contributed by atoms with E-state index in [2.05, 4.69) is 45.3 Å². The highest BCUT2D eigenvalue weighted by atomic mass is 16.7. The summed E-state index contributed by atoms with van der Waals surface area (Å²) in [5.41, 5.74) is 0.120. The number of hydrogen-bond acceptors (Lipinski definition) is 7. The van der Waals surface area contributed by atoms with Gasteiger partial charge in [0.2, 0.25) is 5.79 Å². The normalized spacial score (nSPS) is 41.5. The second-order valence-electron chi connectivity index (χ2n) is 16.1. The summed E-state index contributed by atoms with van der Waals surface area (Å²) in [6.45, 7) is 12.8. The predicted octanol–water partition coefficient (Wildman–Crippen LogP) is 6.95. The van der Waals surface area contributed by atoms with E-state index >= 15 is 0 Å². The van der Waals surface area contributed by atoms with Crippen LogP contribution < -0.4 is 10.6 Å². The largest absolute Gasteiger partial charge is 0.446 e. The summed E-state index contributed by atoms with van der Waals surface area (Å²) in [5, 5.41) is 17.9. The van der Waals surface area contributed by atoms with E-state index in [0.29, 0.717) is 35.8 Å². The molecular formula is C36H54N2O7. The molecule has 1 aromatic rings. The first-order valence-corrected chi connectivity index (χ1v) is 17.2. The summed E-state index contributed by atoms with van der Waals surface area (Å²) in [4.78, 5) is 25.6. The fraction of sp³-hybridized carbons (Fsp3) is 0.778. The SMILES string of the molecule is CNC(=O)OC1CC2CC[C@H]3[C@@H]4CC[C@H](C(C)C5OCC(C)(C)CO5)[C@@]4(C)CC[C@@H]3[C@@]2(C)C(O)(OC(=O)Nc2ccccc2)C1. The van der Waals surface area contributed by atoms with Crippen LogP contribution in [-0.2, 0) is 18.9 Å². The number of carbonyl (C=O) groups is 2. The molecule has 0 spiro atoms. The van der Waals surface area contributed by atoms with Crippen molar-refractivity contribution in [2.45, 2.75) is 104 Å². The number of ether oxygens (including phenoxy) is 4. The molecule has 10 atom stereocenters. The summed E-state index contributed by atoms with van der Waals surface area (Å²) in [6, 6.07) is 9.12. The van der Waals surface area contributed by atoms with Crippen molar-refractivity contribution >= 4 is 17.9 Å². The average molecular weight is 627 g/mol. The van der Waals surface area contributed by atoms with Gasteiger partial charge >= 0.3 is 12.2 Å². The highest BCUT2D eigenvalue weighted by Crippen LogP contribution is 2.70. The predicted molar refractivity (Wildman–Crippen MR) is 170 cm³/mol. The Labute approximate surface area is 268 Å². The number of fused-ring (bicyclic) bond motifs is 5. The van der Waals surface area contributed by atoms with Crippen molar-refractivity contribution < 1.29 is 33.6 Å². The fourth-order valence-corrected chi connectivity index (χ4v) is 10.7. The summed E-state index contributed by atoms with van der Waals surface area (Å²) in [5.74, 6) is 0.169. The van der Waals surface area contributed by atoms with E-state index < -0.39 is 29.5 Å². The Morgan fingerprint density at radius 1 is 0.956 bits per heavy atom. The van der Waals surface area contributed by atoms with Crippen molar-refractivity contribution in [2.75, 3.05) is 25.6 Å². The van der Waals surface area contributed by atoms with Gasteiger partial charge in [-0.15, -0.1) is 0 Å². The van der Waals surface area contributed by atoms with Crippen molar-refractivity contribution in [2.24, 2.45) is 51.8 Å². The van der Waals surface area contributed by atoms with Crippen LogP contribution in [0.3, 0.4) is 0 Å². The van der Waals surface area contributed by atoms with Crippen LogP contribution in [-0.4, -0.2) is 55.7 Å². The van der Waals surface area contributed by atoms with Crippen molar-refractivity contribution in [1.82, 2.24) is 5.32 Å². The highest BCUT2D eigenvalue weighted by molar-refractivity contribution is 5.84. The van der Waals surface area contributed by atoms with Gasteiger partial charge in [-0.05, 0) is 92.1 Å². The number of hydrogen-bond donors (Lipinski definition) is 3. The Hall–Kier alpha value is -2.36. The molecule has 0 bridgehead atoms. The molecule has 9 heteroatoms. The van der Waals surface area contributed by atoms with E-state index in [1.165, 1.54) is 7.05 Å². The number of benzene rings is 1. The molecule has 4 aliphatic carbocycles. The average Bonchev–Trinajstić information content (AvgIpc) is 3.35. The van der Waals surface area contributed by atoms with Gasteiger partial charge in [-0.2, -0.15) is 0 Å². The summed E-state index contributed by atoms with van der Waals surface area (Å²) in [6.07, 6.45) is 5.02. The molecule has 5 aliphatic rings. The van der Waals surface area contributed by atoms with Gasteiger partial charge in [0.1, 0.15) is 6.10 Å². The zero-order valence-electron chi connectivity index (χ0n) is 28.0. The van der Waals surface area contributed by atoms with Gasteiger partial charge in [0.05, 0.1) is 19.6 Å². The van der Waals surface area contributed by atoms with Gasteiger partial charge in [-0.25, -0.2) is 9.59 Å². The number of anilines is 1. The Bertz CT molecular complexity index is 1230. The zero-order valence-corrected chi connectivity index (χ0v) is 28.0. The standard InChI is InChI=1S/C36H54N2O7/c1-22(30-42-20-33(2,3)21-43-30)27-14-15-28-26-13-12-23-18-25(44-31(39)37-6)19-36(41,35(23,5)29(26)16-17-34(27,28)4)45-32(40)38-24-10-8-7-9-11-24/h7-11,22-23,25-30,41H,12-21H2,1-6H3,(H,37,39)(H,38,40)/t22?,23?,25?,26-,27+,28-,29-,34+,35-,36?/m0/s1. The van der Waals surface area contributed by atoms with Crippen molar-refractivity contribution in [3.05, 3.63) is 30.3 Å². The highest BCUT2D eigenvalue weighted by Gasteiger charge is 2.69. The lowest BCUT2D eigenvalue weighted by atomic mass is 9.43. The maximum Gasteiger partial charge on any atom is 0.414 e. The van der Waals surface area contributed by atoms with Crippen LogP contribution in [0.25, 0.3) is 0 Å². The minimum Gasteiger partial charge on any atom is -0.446 e. The second kappa shape index (κ2) is 12.0. The number of nitrogens with one attached hydrogen (secondary N) is 2. The third kappa shape index (κ3) is 5.75. The number of rotatable bonds is 5. The second-order valence-corrected chi connectivity index (χ2v) is 16.1. The molecule has 4 saturated carbocycles. The van der Waals surface area contributed by atoms with Crippen LogP contribution in [0, 0.1) is 51.8 Å². The number of amides is 2. The maximum absolute atomic E-state index is 13.4. The molecule has 0 aromatic heterocycles. The van der Waals surface area contributed by atoms with Crippen LogP contribution in [0.15, 0.2) is 30.3 Å². The molecule has 1 heterocycles. The van der Waals surface area contributed by atoms with E-state index in [4.69, 9.17) is 18.9 Å². The molecule has 2 amide bonds. The first-order chi connectivity index (χ1) is 21.3. The quantitative estimate of drug-likeness (QED) is 0.303. The van der Waals surface area contributed by atoms with Gasteiger partial charge in [0.25, 0.3) is 0 Å². The molecule has 6 rings (SSSR count). The summed E-state index contributed by atoms with van der Waals surface area (Å²) >= 11 is 0. The third-order valence-corrected chi connectivity index (χ3v) is 13.0. The van der Waals surface area contributed by atoms with Crippen LogP contribution in [0.2, 0.25) is 0 Å². The first-order valence-electron chi connectivity index (χ1n) is 17.2. The Morgan fingerprint density at radius 3 is 2.36 bits per heavy atom. The number of aliphatic hydroxyl groups is 1. The van der Waals surface area contributed by atoms with Crippen LogP contribution >= 0.6 is 0 Å². The molecule has 5 fully saturated rings. The van der Waals surface area contributed by atoms with Crippen LogP contribution in [0.5, 0.6) is 0 Å².